The van der Waals surface area contributed by atoms with Crippen LogP contribution in [0, 0.1) is 5.92 Å². The van der Waals surface area contributed by atoms with Gasteiger partial charge in [-0.1, -0.05) is 31.2 Å². The zero-order valence-corrected chi connectivity index (χ0v) is 15.5. The molecule has 2 aliphatic heterocycles. The third kappa shape index (κ3) is 3.32. The Morgan fingerprint density at radius 1 is 1.04 bits per heavy atom. The minimum atomic E-state index is 0.0165. The van der Waals surface area contributed by atoms with Gasteiger partial charge in [-0.15, -0.1) is 10.2 Å². The standard InChI is InChI=1S/C19H24N4OS/c1-14-6-8-22(9-7-14)18-16-5-3-2-4-15(16)17(20-21-18)19(24)23-10-12-25-13-11-23/h2-5,14H,6-13H2,1H3. The summed E-state index contributed by atoms with van der Waals surface area (Å²) in [5, 5.41) is 10.8. The number of hydrogen-bond acceptors (Lipinski definition) is 5. The van der Waals surface area contributed by atoms with Gasteiger partial charge in [0.05, 0.1) is 0 Å². The summed E-state index contributed by atoms with van der Waals surface area (Å²) in [6, 6.07) is 8.08. The quantitative estimate of drug-likeness (QED) is 0.828. The molecule has 0 radical (unpaired) electrons. The summed E-state index contributed by atoms with van der Waals surface area (Å²) in [6.45, 7) is 5.92. The van der Waals surface area contributed by atoms with Gasteiger partial charge >= 0.3 is 0 Å². The van der Waals surface area contributed by atoms with Crippen LogP contribution >= 0.6 is 11.8 Å². The van der Waals surface area contributed by atoms with Crippen LogP contribution in [0.3, 0.4) is 0 Å². The number of benzene rings is 1. The van der Waals surface area contributed by atoms with E-state index in [-0.39, 0.29) is 5.91 Å². The molecule has 25 heavy (non-hydrogen) atoms. The van der Waals surface area contributed by atoms with E-state index in [0.717, 1.165) is 60.2 Å². The molecule has 0 aliphatic carbocycles. The number of amides is 1. The highest BCUT2D eigenvalue weighted by atomic mass is 32.2. The van der Waals surface area contributed by atoms with Crippen molar-refractivity contribution in [2.24, 2.45) is 5.92 Å². The Labute approximate surface area is 152 Å². The van der Waals surface area contributed by atoms with Gasteiger partial charge < -0.3 is 9.80 Å². The Bertz CT molecular complexity index is 767. The van der Waals surface area contributed by atoms with E-state index in [9.17, 15) is 4.79 Å². The van der Waals surface area contributed by atoms with Gasteiger partial charge in [0.1, 0.15) is 0 Å². The van der Waals surface area contributed by atoms with E-state index in [1.807, 2.05) is 34.9 Å². The van der Waals surface area contributed by atoms with Gasteiger partial charge in [-0.2, -0.15) is 11.8 Å². The van der Waals surface area contributed by atoms with Crippen molar-refractivity contribution in [2.45, 2.75) is 19.8 Å². The molecule has 1 aromatic heterocycles. The molecule has 2 fully saturated rings. The molecular formula is C19H24N4OS. The van der Waals surface area contributed by atoms with Crippen molar-refractivity contribution in [1.82, 2.24) is 15.1 Å². The average molecular weight is 356 g/mol. The Morgan fingerprint density at radius 3 is 2.44 bits per heavy atom. The summed E-state index contributed by atoms with van der Waals surface area (Å²) in [6.07, 6.45) is 2.37. The summed E-state index contributed by atoms with van der Waals surface area (Å²) >= 11 is 1.90. The van der Waals surface area contributed by atoms with E-state index in [0.29, 0.717) is 5.69 Å². The number of fused-ring (bicyclic) bond motifs is 1. The van der Waals surface area contributed by atoms with Crippen LogP contribution in [0.4, 0.5) is 5.82 Å². The molecule has 1 aromatic carbocycles. The molecule has 5 nitrogen and oxygen atoms in total. The van der Waals surface area contributed by atoms with Crippen LogP contribution in [0.15, 0.2) is 24.3 Å². The highest BCUT2D eigenvalue weighted by Crippen LogP contribution is 2.29. The van der Waals surface area contributed by atoms with E-state index < -0.39 is 0 Å². The van der Waals surface area contributed by atoms with Crippen molar-refractivity contribution in [3.63, 3.8) is 0 Å². The van der Waals surface area contributed by atoms with Crippen LogP contribution in [-0.4, -0.2) is 58.7 Å². The predicted molar refractivity (Wildman–Crippen MR) is 103 cm³/mol. The number of carbonyl (C=O) groups excluding carboxylic acids is 1. The normalized spacial score (nSPS) is 19.4. The lowest BCUT2D eigenvalue weighted by Gasteiger charge is -2.32. The first kappa shape index (κ1) is 16.6. The van der Waals surface area contributed by atoms with Gasteiger partial charge in [0.2, 0.25) is 0 Å². The van der Waals surface area contributed by atoms with Crippen molar-refractivity contribution in [3.05, 3.63) is 30.0 Å². The zero-order valence-electron chi connectivity index (χ0n) is 14.6. The first-order valence-electron chi connectivity index (χ1n) is 9.11. The topological polar surface area (TPSA) is 49.3 Å². The number of aromatic nitrogens is 2. The Balaban J connectivity index is 1.70. The van der Waals surface area contributed by atoms with Crippen molar-refractivity contribution < 1.29 is 4.79 Å². The third-order valence-electron chi connectivity index (χ3n) is 5.25. The first-order valence-corrected chi connectivity index (χ1v) is 10.3. The van der Waals surface area contributed by atoms with Gasteiger partial charge in [-0.3, -0.25) is 4.79 Å². The maximum absolute atomic E-state index is 12.9. The molecule has 0 saturated carbocycles. The van der Waals surface area contributed by atoms with Crippen LogP contribution in [0.5, 0.6) is 0 Å². The SMILES string of the molecule is CC1CCN(c2nnc(C(=O)N3CCSCC3)c3ccccc23)CC1. The number of hydrogen-bond donors (Lipinski definition) is 0. The second-order valence-electron chi connectivity index (χ2n) is 6.99. The number of rotatable bonds is 2. The van der Waals surface area contributed by atoms with Crippen molar-refractivity contribution in [2.75, 3.05) is 42.6 Å². The molecule has 2 aromatic rings. The lowest BCUT2D eigenvalue weighted by atomic mass is 9.99. The molecule has 3 heterocycles. The van der Waals surface area contributed by atoms with E-state index in [4.69, 9.17) is 0 Å². The monoisotopic (exact) mass is 356 g/mol. The summed E-state index contributed by atoms with van der Waals surface area (Å²) < 4.78 is 0. The number of piperidine rings is 1. The van der Waals surface area contributed by atoms with Gasteiger partial charge in [0, 0.05) is 48.5 Å². The fraction of sp³-hybridized carbons (Fsp3) is 0.526. The van der Waals surface area contributed by atoms with Crippen molar-refractivity contribution in [3.8, 4) is 0 Å². The second kappa shape index (κ2) is 7.20. The van der Waals surface area contributed by atoms with Gasteiger partial charge in [0.15, 0.2) is 11.5 Å². The molecule has 0 bridgehead atoms. The number of nitrogens with zero attached hydrogens (tertiary/aromatic N) is 4. The summed E-state index contributed by atoms with van der Waals surface area (Å²) in [7, 11) is 0. The Morgan fingerprint density at radius 2 is 1.72 bits per heavy atom. The van der Waals surface area contributed by atoms with Crippen LogP contribution in [0.25, 0.3) is 10.8 Å². The third-order valence-corrected chi connectivity index (χ3v) is 6.19. The Hall–Kier alpha value is -1.82. The molecule has 2 aliphatic rings. The van der Waals surface area contributed by atoms with Crippen LogP contribution in [0.2, 0.25) is 0 Å². The smallest absolute Gasteiger partial charge is 0.275 e. The van der Waals surface area contributed by atoms with Gasteiger partial charge in [-0.25, -0.2) is 0 Å². The van der Waals surface area contributed by atoms with Gasteiger partial charge in [-0.05, 0) is 18.8 Å². The summed E-state index contributed by atoms with van der Waals surface area (Å²) in [5.74, 6) is 3.71. The largest absolute Gasteiger partial charge is 0.355 e. The molecule has 4 rings (SSSR count). The minimum Gasteiger partial charge on any atom is -0.355 e. The van der Waals surface area contributed by atoms with Crippen molar-refractivity contribution in [1.29, 1.82) is 0 Å². The molecule has 0 N–H and O–H groups in total. The second-order valence-corrected chi connectivity index (χ2v) is 8.22. The van der Waals surface area contributed by atoms with Crippen LogP contribution in [0.1, 0.15) is 30.3 Å². The summed E-state index contributed by atoms with van der Waals surface area (Å²) in [5.41, 5.74) is 0.497. The molecular weight excluding hydrogens is 332 g/mol. The lowest BCUT2D eigenvalue weighted by molar-refractivity contribution is 0.0767. The van der Waals surface area contributed by atoms with E-state index in [2.05, 4.69) is 28.1 Å². The predicted octanol–water partition coefficient (Wildman–Crippen LogP) is 3.06. The highest BCUT2D eigenvalue weighted by Gasteiger charge is 2.25. The van der Waals surface area contributed by atoms with E-state index in [1.54, 1.807) is 0 Å². The fourth-order valence-electron chi connectivity index (χ4n) is 3.62. The van der Waals surface area contributed by atoms with Crippen LogP contribution in [-0.2, 0) is 0 Å². The number of anilines is 1. The molecule has 1 amide bonds. The van der Waals surface area contributed by atoms with Gasteiger partial charge in [0.25, 0.3) is 5.91 Å². The van der Waals surface area contributed by atoms with Crippen LogP contribution < -0.4 is 4.90 Å². The fourth-order valence-corrected chi connectivity index (χ4v) is 4.52. The molecule has 0 spiro atoms. The molecule has 0 atom stereocenters. The highest BCUT2D eigenvalue weighted by molar-refractivity contribution is 7.99. The first-order chi connectivity index (χ1) is 12.2. The minimum absolute atomic E-state index is 0.0165. The summed E-state index contributed by atoms with van der Waals surface area (Å²) in [4.78, 5) is 17.2. The Kier molecular flexibility index (Phi) is 4.79. The number of carbonyl (C=O) groups is 1. The molecule has 6 heteroatoms. The zero-order chi connectivity index (χ0) is 17.2. The molecule has 0 unspecified atom stereocenters. The van der Waals surface area contributed by atoms with E-state index in [1.165, 1.54) is 12.8 Å². The lowest BCUT2D eigenvalue weighted by Crippen LogP contribution is -2.39. The van der Waals surface area contributed by atoms with E-state index >= 15 is 0 Å². The maximum Gasteiger partial charge on any atom is 0.275 e. The molecule has 2 saturated heterocycles. The average Bonchev–Trinajstić information content (AvgIpc) is 2.68. The van der Waals surface area contributed by atoms with Crippen molar-refractivity contribution >= 4 is 34.3 Å². The number of thioether (sulfide) groups is 1. The maximum atomic E-state index is 12.9. The molecule has 132 valence electrons.